The SMILES string of the molecule is CC(C)(C)ON([O-])CCC(C)(c1ccc(ON([O-])OC(C)(C)C)cc1)c1ccc(ON([O-])OC(C)(C)C)cc1. The second kappa shape index (κ2) is 12.9. The molecular weight excluding hydrogens is 506 g/mol. The summed E-state index contributed by atoms with van der Waals surface area (Å²) in [6.07, 6.45) is 0.397. The van der Waals surface area contributed by atoms with Crippen LogP contribution in [0.15, 0.2) is 48.5 Å². The first kappa shape index (κ1) is 32.9. The fraction of sp³-hybridized carbons (Fsp3) is 0.571. The van der Waals surface area contributed by atoms with Crippen molar-refractivity contribution in [3.63, 3.8) is 0 Å². The molecule has 0 fully saturated rings. The zero-order valence-electron chi connectivity index (χ0n) is 24.6. The van der Waals surface area contributed by atoms with Crippen molar-refractivity contribution in [3.8, 4) is 11.5 Å². The van der Waals surface area contributed by atoms with Crippen molar-refractivity contribution < 1.29 is 24.2 Å². The molecule has 0 radical (unpaired) electrons. The molecule has 2 aromatic rings. The summed E-state index contributed by atoms with van der Waals surface area (Å²) in [5.74, 6) is 0.583. The highest BCUT2D eigenvalue weighted by Gasteiger charge is 2.30. The third-order valence-corrected chi connectivity index (χ3v) is 5.21. The van der Waals surface area contributed by atoms with Crippen LogP contribution in [0.4, 0.5) is 0 Å². The third kappa shape index (κ3) is 11.8. The molecule has 0 heterocycles. The molecule has 0 N–H and O–H groups in total. The second-order valence-electron chi connectivity index (χ2n) is 12.4. The van der Waals surface area contributed by atoms with E-state index in [4.69, 9.17) is 24.2 Å². The van der Waals surface area contributed by atoms with E-state index in [-0.39, 0.29) is 17.3 Å². The number of hydrogen-bond donors (Lipinski definition) is 0. The molecule has 0 unspecified atom stereocenters. The van der Waals surface area contributed by atoms with Gasteiger partial charge in [0.15, 0.2) is 0 Å². The van der Waals surface area contributed by atoms with Crippen LogP contribution in [0.2, 0.25) is 0 Å². The van der Waals surface area contributed by atoms with E-state index in [2.05, 4.69) is 0 Å². The van der Waals surface area contributed by atoms with Crippen molar-refractivity contribution in [1.82, 2.24) is 16.0 Å². The Morgan fingerprint density at radius 2 is 0.872 bits per heavy atom. The maximum Gasteiger partial charge on any atom is 0.149 e. The number of nitrogens with zero attached hydrogens (tertiary/aromatic N) is 3. The second-order valence-corrected chi connectivity index (χ2v) is 12.4. The van der Waals surface area contributed by atoms with Gasteiger partial charge in [0.1, 0.15) is 11.5 Å². The minimum atomic E-state index is -0.711. The van der Waals surface area contributed by atoms with E-state index >= 15 is 0 Å². The maximum atomic E-state index is 12.5. The van der Waals surface area contributed by atoms with E-state index in [9.17, 15) is 15.6 Å². The number of hydroxylamine groups is 2. The quantitative estimate of drug-likeness (QED) is 0.268. The van der Waals surface area contributed by atoms with Crippen molar-refractivity contribution >= 4 is 0 Å². The Bertz CT molecular complexity index is 944. The molecule has 11 nitrogen and oxygen atoms in total. The maximum absolute atomic E-state index is 12.5. The molecule has 0 atom stereocenters. The highest BCUT2D eigenvalue weighted by atomic mass is 17.1. The van der Waals surface area contributed by atoms with Gasteiger partial charge in [-0.25, -0.2) is 0 Å². The van der Waals surface area contributed by atoms with Gasteiger partial charge in [-0.3, -0.25) is 14.9 Å². The van der Waals surface area contributed by atoms with Gasteiger partial charge in [-0.2, -0.15) is 0 Å². The predicted octanol–water partition coefficient (Wildman–Crippen LogP) is 6.56. The van der Waals surface area contributed by atoms with Crippen LogP contribution in [-0.4, -0.2) is 39.4 Å². The Labute approximate surface area is 231 Å². The van der Waals surface area contributed by atoms with E-state index in [1.807, 2.05) is 31.2 Å². The Morgan fingerprint density at radius 3 is 1.18 bits per heavy atom. The molecule has 0 spiro atoms. The molecule has 220 valence electrons. The monoisotopic (exact) mass is 548 g/mol. The molecule has 11 heteroatoms. The first-order valence-corrected chi connectivity index (χ1v) is 12.8. The molecule has 0 aliphatic rings. The Kier molecular flexibility index (Phi) is 10.9. The number of benzene rings is 2. The third-order valence-electron chi connectivity index (χ3n) is 5.21. The topological polar surface area (TPSA) is 125 Å². The van der Waals surface area contributed by atoms with Crippen molar-refractivity contribution in [1.29, 1.82) is 0 Å². The molecule has 39 heavy (non-hydrogen) atoms. The van der Waals surface area contributed by atoms with Gasteiger partial charge in [0.2, 0.25) is 0 Å². The van der Waals surface area contributed by atoms with E-state index in [0.29, 0.717) is 23.1 Å². The van der Waals surface area contributed by atoms with Crippen LogP contribution in [0.25, 0.3) is 0 Å². The zero-order chi connectivity index (χ0) is 29.6. The molecule has 0 aliphatic heterocycles. The molecule has 0 aromatic heterocycles. The van der Waals surface area contributed by atoms with Gasteiger partial charge in [0.25, 0.3) is 0 Å². The lowest BCUT2D eigenvalue weighted by Gasteiger charge is -2.38. The molecule has 0 saturated heterocycles. The Hall–Kier alpha value is -2.32. The molecule has 2 rings (SSSR count). The first-order chi connectivity index (χ1) is 17.8. The predicted molar refractivity (Wildman–Crippen MR) is 148 cm³/mol. The van der Waals surface area contributed by atoms with Gasteiger partial charge in [0.05, 0.1) is 16.8 Å². The highest BCUT2D eigenvalue weighted by molar-refractivity contribution is 5.42. The molecule has 2 aromatic carbocycles. The van der Waals surface area contributed by atoms with Crippen molar-refractivity contribution in [2.45, 2.75) is 97.9 Å². The van der Waals surface area contributed by atoms with Crippen LogP contribution in [0.3, 0.4) is 0 Å². The smallest absolute Gasteiger partial charge is 0.149 e. The van der Waals surface area contributed by atoms with Crippen LogP contribution in [-0.2, 0) is 19.9 Å². The summed E-state index contributed by atoms with van der Waals surface area (Å²) < 4.78 is 0. The molecule has 0 aliphatic carbocycles. The van der Waals surface area contributed by atoms with E-state index in [1.165, 1.54) is 0 Å². The largest absolute Gasteiger partial charge is 0.762 e. The van der Waals surface area contributed by atoms with Gasteiger partial charge >= 0.3 is 0 Å². The molecule has 0 amide bonds. The van der Waals surface area contributed by atoms with Gasteiger partial charge in [-0.1, -0.05) is 42.0 Å². The fourth-order valence-electron chi connectivity index (χ4n) is 3.55. The lowest BCUT2D eigenvalue weighted by atomic mass is 9.73. The standard InChI is InChI=1S/C28H42N3O8/c1-25(2,3)37-29(32)20-19-28(10,21-11-15-23(16-12-21)35-30(33)38-26(4,5)6)22-13-17-24(18-14-22)36-31(34)39-27(7,8)9/h11-18H,19-20H2,1-10H3/q-3. The Balaban J connectivity index is 2.29. The Morgan fingerprint density at radius 1 is 0.538 bits per heavy atom. The summed E-state index contributed by atoms with van der Waals surface area (Å²) in [6.45, 7) is 17.9. The summed E-state index contributed by atoms with van der Waals surface area (Å²) in [5.41, 5.74) is -0.977. The van der Waals surface area contributed by atoms with E-state index < -0.39 is 22.2 Å². The molecule has 0 bridgehead atoms. The lowest BCUT2D eigenvalue weighted by Crippen LogP contribution is -2.34. The average Bonchev–Trinajstić information content (AvgIpc) is 2.74. The summed E-state index contributed by atoms with van der Waals surface area (Å²) in [5, 5.41) is 37.2. The minimum Gasteiger partial charge on any atom is -0.762 e. The fourth-order valence-corrected chi connectivity index (χ4v) is 3.55. The van der Waals surface area contributed by atoms with Crippen molar-refractivity contribution in [2.24, 2.45) is 0 Å². The van der Waals surface area contributed by atoms with Crippen LogP contribution < -0.4 is 9.68 Å². The van der Waals surface area contributed by atoms with E-state index in [0.717, 1.165) is 11.1 Å². The van der Waals surface area contributed by atoms with Crippen LogP contribution >= 0.6 is 0 Å². The highest BCUT2D eigenvalue weighted by Crippen LogP contribution is 2.37. The minimum absolute atomic E-state index is 0.0781. The summed E-state index contributed by atoms with van der Waals surface area (Å²) in [4.78, 5) is 26.1. The first-order valence-electron chi connectivity index (χ1n) is 12.8. The van der Waals surface area contributed by atoms with E-state index in [1.54, 1.807) is 86.6 Å². The average molecular weight is 549 g/mol. The zero-order valence-corrected chi connectivity index (χ0v) is 24.6. The normalized spacial score (nSPS) is 13.4. The number of hydrogen-bond acceptors (Lipinski definition) is 11. The molecule has 0 saturated carbocycles. The van der Waals surface area contributed by atoms with Gasteiger partial charge in [-0.05, 0) is 104 Å². The summed E-state index contributed by atoms with van der Waals surface area (Å²) in [7, 11) is 0. The summed E-state index contributed by atoms with van der Waals surface area (Å²) in [6, 6.07) is 13.9. The number of rotatable bonds is 12. The van der Waals surface area contributed by atoms with Gasteiger partial charge < -0.3 is 30.1 Å². The van der Waals surface area contributed by atoms with Crippen LogP contribution in [0.1, 0.15) is 86.8 Å². The van der Waals surface area contributed by atoms with Crippen LogP contribution in [0.5, 0.6) is 11.5 Å². The van der Waals surface area contributed by atoms with Gasteiger partial charge in [-0.15, -0.1) is 0 Å². The summed E-state index contributed by atoms with van der Waals surface area (Å²) >= 11 is 0. The van der Waals surface area contributed by atoms with Crippen molar-refractivity contribution in [2.75, 3.05) is 6.54 Å². The van der Waals surface area contributed by atoms with Crippen LogP contribution in [0, 0.1) is 15.6 Å². The molecular formula is C28H42N3O8-3. The van der Waals surface area contributed by atoms with Gasteiger partial charge in [0, 0.05) is 12.0 Å². The van der Waals surface area contributed by atoms with Crippen molar-refractivity contribution in [3.05, 3.63) is 75.3 Å². The lowest BCUT2D eigenvalue weighted by molar-refractivity contribution is -0.327.